The average molecular weight is 420 g/mol. The third kappa shape index (κ3) is 5.67. The maximum absolute atomic E-state index is 13.0. The topological polar surface area (TPSA) is 82.9 Å². The summed E-state index contributed by atoms with van der Waals surface area (Å²) in [4.78, 5) is 24.2. The van der Waals surface area contributed by atoms with E-state index in [1.54, 1.807) is 0 Å². The fourth-order valence-electron chi connectivity index (χ4n) is 2.48. The molecule has 2 aromatic carbocycles. The number of benzene rings is 2. The summed E-state index contributed by atoms with van der Waals surface area (Å²) in [7, 11) is 0. The van der Waals surface area contributed by atoms with Crippen LogP contribution >= 0.6 is 11.8 Å². The van der Waals surface area contributed by atoms with Gasteiger partial charge < -0.3 is 10.6 Å². The van der Waals surface area contributed by atoms with Gasteiger partial charge in [0, 0.05) is 6.42 Å². The number of hydrogen-bond donors (Lipinski definition) is 2. The van der Waals surface area contributed by atoms with Crippen LogP contribution in [0.4, 0.5) is 18.9 Å². The number of nitrogens with zero attached hydrogens (tertiary/aromatic N) is 2. The molecule has 29 heavy (non-hydrogen) atoms. The Bertz CT molecular complexity index is 961. The second kappa shape index (κ2) is 8.91. The molecule has 0 spiro atoms. The molecule has 0 radical (unpaired) electrons. The number of amidine groups is 1. The van der Waals surface area contributed by atoms with Crippen LogP contribution in [0.2, 0.25) is 0 Å². The van der Waals surface area contributed by atoms with Crippen molar-refractivity contribution in [3.05, 3.63) is 65.7 Å². The third-order valence-corrected chi connectivity index (χ3v) is 4.88. The molecule has 2 amide bonds. The number of thioether (sulfide) groups is 1. The smallest absolute Gasteiger partial charge is 0.325 e. The van der Waals surface area contributed by atoms with E-state index in [4.69, 9.17) is 0 Å². The van der Waals surface area contributed by atoms with Crippen molar-refractivity contribution in [2.75, 3.05) is 5.32 Å². The monoisotopic (exact) mass is 420 g/mol. The zero-order valence-corrected chi connectivity index (χ0v) is 15.6. The number of halogens is 3. The SMILES string of the molecule is O=C(CC1S/C(=N/N=C\c2ccccc2)NC1=O)Nc1ccccc1C(F)(F)F. The normalized spacial score (nSPS) is 18.2. The van der Waals surface area contributed by atoms with E-state index in [-0.39, 0.29) is 17.3 Å². The molecule has 1 saturated heterocycles. The number of carbonyl (C=O) groups is 2. The quantitative estimate of drug-likeness (QED) is 0.572. The van der Waals surface area contributed by atoms with E-state index in [2.05, 4.69) is 20.8 Å². The molecule has 1 atom stereocenters. The summed E-state index contributed by atoms with van der Waals surface area (Å²) in [6.07, 6.45) is -3.39. The highest BCUT2D eigenvalue weighted by Crippen LogP contribution is 2.34. The number of para-hydroxylation sites is 1. The highest BCUT2D eigenvalue weighted by molar-refractivity contribution is 8.15. The number of rotatable bonds is 5. The maximum Gasteiger partial charge on any atom is 0.418 e. The summed E-state index contributed by atoms with van der Waals surface area (Å²) in [5, 5.41) is 11.9. The molecule has 3 rings (SSSR count). The van der Waals surface area contributed by atoms with Crippen molar-refractivity contribution in [2.45, 2.75) is 17.8 Å². The van der Waals surface area contributed by atoms with E-state index in [1.807, 2.05) is 30.3 Å². The van der Waals surface area contributed by atoms with Gasteiger partial charge in [0.2, 0.25) is 11.8 Å². The van der Waals surface area contributed by atoms with E-state index < -0.39 is 28.8 Å². The Kier molecular flexibility index (Phi) is 6.32. The zero-order chi connectivity index (χ0) is 20.9. The minimum atomic E-state index is -4.60. The lowest BCUT2D eigenvalue weighted by Crippen LogP contribution is -2.28. The molecule has 1 unspecified atom stereocenters. The molecule has 1 aliphatic heterocycles. The molecule has 0 aliphatic carbocycles. The van der Waals surface area contributed by atoms with Gasteiger partial charge in [-0.3, -0.25) is 9.59 Å². The van der Waals surface area contributed by atoms with Crippen LogP contribution in [0.3, 0.4) is 0 Å². The summed E-state index contributed by atoms with van der Waals surface area (Å²) >= 11 is 0.995. The van der Waals surface area contributed by atoms with Crippen molar-refractivity contribution in [3.8, 4) is 0 Å². The molecule has 0 bridgehead atoms. The van der Waals surface area contributed by atoms with E-state index in [0.29, 0.717) is 0 Å². The van der Waals surface area contributed by atoms with Crippen LogP contribution < -0.4 is 10.6 Å². The number of anilines is 1. The van der Waals surface area contributed by atoms with Crippen LogP contribution in [-0.4, -0.2) is 28.4 Å². The van der Waals surface area contributed by atoms with Gasteiger partial charge in [0.15, 0.2) is 5.17 Å². The Balaban J connectivity index is 1.60. The van der Waals surface area contributed by atoms with Gasteiger partial charge in [0.25, 0.3) is 0 Å². The Labute approximate surface area is 168 Å². The predicted octanol–water partition coefficient (Wildman–Crippen LogP) is 3.66. The molecule has 0 aromatic heterocycles. The second-order valence-corrected chi connectivity index (χ2v) is 7.14. The fraction of sp³-hybridized carbons (Fsp3) is 0.158. The van der Waals surface area contributed by atoms with Crippen molar-refractivity contribution in [1.29, 1.82) is 0 Å². The average Bonchev–Trinajstić information content (AvgIpc) is 3.01. The third-order valence-electron chi connectivity index (χ3n) is 3.81. The number of carbonyl (C=O) groups excluding carboxylic acids is 2. The second-order valence-electron chi connectivity index (χ2n) is 5.95. The van der Waals surface area contributed by atoms with Gasteiger partial charge in [-0.1, -0.05) is 54.2 Å². The van der Waals surface area contributed by atoms with Crippen molar-refractivity contribution in [1.82, 2.24) is 5.32 Å². The molecular formula is C19H15F3N4O2S. The number of amides is 2. The molecule has 1 aliphatic rings. The number of nitrogens with one attached hydrogen (secondary N) is 2. The van der Waals surface area contributed by atoms with Crippen LogP contribution in [0.5, 0.6) is 0 Å². The van der Waals surface area contributed by atoms with E-state index in [0.717, 1.165) is 29.5 Å². The van der Waals surface area contributed by atoms with Gasteiger partial charge in [0.1, 0.15) is 5.25 Å². The first-order valence-corrected chi connectivity index (χ1v) is 9.30. The van der Waals surface area contributed by atoms with Crippen molar-refractivity contribution < 1.29 is 22.8 Å². The Morgan fingerprint density at radius 3 is 2.55 bits per heavy atom. The van der Waals surface area contributed by atoms with E-state index in [1.165, 1.54) is 18.3 Å². The van der Waals surface area contributed by atoms with Crippen LogP contribution in [0.1, 0.15) is 17.5 Å². The highest BCUT2D eigenvalue weighted by Gasteiger charge is 2.35. The number of hydrogen-bond acceptors (Lipinski definition) is 5. The van der Waals surface area contributed by atoms with Gasteiger partial charge in [-0.2, -0.15) is 18.3 Å². The van der Waals surface area contributed by atoms with Gasteiger partial charge in [-0.25, -0.2) is 0 Å². The molecule has 1 fully saturated rings. The van der Waals surface area contributed by atoms with Crippen LogP contribution in [0.15, 0.2) is 64.8 Å². The maximum atomic E-state index is 13.0. The summed E-state index contributed by atoms with van der Waals surface area (Å²) < 4.78 is 39.0. The van der Waals surface area contributed by atoms with Crippen LogP contribution in [0.25, 0.3) is 0 Å². The summed E-state index contributed by atoms with van der Waals surface area (Å²) in [6, 6.07) is 13.9. The highest BCUT2D eigenvalue weighted by atomic mass is 32.2. The fourth-order valence-corrected chi connectivity index (χ4v) is 3.41. The standard InChI is InChI=1S/C19H15F3N4O2S/c20-19(21,22)13-8-4-5-9-14(13)24-16(27)10-15-17(28)25-18(29-15)26-23-11-12-6-2-1-3-7-12/h1-9,11,15H,10H2,(H,24,27)(H,25,26,28)/b23-11-. The summed E-state index contributed by atoms with van der Waals surface area (Å²) in [6.45, 7) is 0. The predicted molar refractivity (Wildman–Crippen MR) is 106 cm³/mol. The minimum absolute atomic E-state index is 0.218. The minimum Gasteiger partial charge on any atom is -0.325 e. The molecule has 150 valence electrons. The van der Waals surface area contributed by atoms with Gasteiger partial charge in [-0.05, 0) is 17.7 Å². The van der Waals surface area contributed by atoms with Crippen molar-refractivity contribution >= 4 is 40.6 Å². The zero-order valence-electron chi connectivity index (χ0n) is 14.8. The summed E-state index contributed by atoms with van der Waals surface area (Å²) in [5.74, 6) is -1.16. The van der Waals surface area contributed by atoms with Gasteiger partial charge >= 0.3 is 6.18 Å². The molecule has 1 heterocycles. The lowest BCUT2D eigenvalue weighted by molar-refractivity contribution is -0.137. The first-order chi connectivity index (χ1) is 13.8. The van der Waals surface area contributed by atoms with Gasteiger partial charge in [0.05, 0.1) is 17.5 Å². The Hall–Kier alpha value is -3.14. The molecular weight excluding hydrogens is 405 g/mol. The Morgan fingerprint density at radius 1 is 1.14 bits per heavy atom. The lowest BCUT2D eigenvalue weighted by Gasteiger charge is -2.14. The first-order valence-electron chi connectivity index (χ1n) is 8.42. The van der Waals surface area contributed by atoms with E-state index in [9.17, 15) is 22.8 Å². The van der Waals surface area contributed by atoms with Crippen LogP contribution in [-0.2, 0) is 15.8 Å². The molecule has 0 saturated carbocycles. The Morgan fingerprint density at radius 2 is 1.83 bits per heavy atom. The largest absolute Gasteiger partial charge is 0.418 e. The first kappa shape index (κ1) is 20.6. The molecule has 6 nitrogen and oxygen atoms in total. The molecule has 2 N–H and O–H groups in total. The molecule has 2 aromatic rings. The van der Waals surface area contributed by atoms with Crippen LogP contribution in [0, 0.1) is 0 Å². The summed E-state index contributed by atoms with van der Waals surface area (Å²) in [5.41, 5.74) is -0.477. The van der Waals surface area contributed by atoms with E-state index >= 15 is 0 Å². The lowest BCUT2D eigenvalue weighted by atomic mass is 10.1. The van der Waals surface area contributed by atoms with Gasteiger partial charge in [-0.15, -0.1) is 5.10 Å². The van der Waals surface area contributed by atoms with Crippen molar-refractivity contribution in [2.24, 2.45) is 10.2 Å². The number of alkyl halides is 3. The van der Waals surface area contributed by atoms with Crippen molar-refractivity contribution in [3.63, 3.8) is 0 Å². The molecule has 10 heteroatoms.